The van der Waals surface area contributed by atoms with Gasteiger partial charge in [-0.2, -0.15) is 0 Å². The van der Waals surface area contributed by atoms with Crippen molar-refractivity contribution in [3.8, 4) is 0 Å². The Bertz CT molecular complexity index is 699. The quantitative estimate of drug-likeness (QED) is 0.767. The molecular weight excluding hydrogens is 328 g/mol. The molecule has 0 aliphatic rings. The number of aromatic nitrogens is 1. The highest BCUT2D eigenvalue weighted by molar-refractivity contribution is 6.31. The lowest BCUT2D eigenvalue weighted by Gasteiger charge is -2.21. The number of methoxy groups -OCH3 is 1. The Morgan fingerprint density at radius 2 is 2.21 bits per heavy atom. The van der Waals surface area contributed by atoms with Crippen molar-refractivity contribution in [2.24, 2.45) is 5.92 Å². The topological polar surface area (TPSA) is 63.5 Å². The van der Waals surface area contributed by atoms with Gasteiger partial charge in [-0.3, -0.25) is 4.79 Å². The molecule has 132 valence electrons. The van der Waals surface area contributed by atoms with E-state index in [1.807, 2.05) is 36.7 Å². The van der Waals surface area contributed by atoms with Gasteiger partial charge in [0, 0.05) is 35.8 Å². The van der Waals surface area contributed by atoms with Crippen molar-refractivity contribution in [1.82, 2.24) is 9.88 Å². The number of aliphatic hydroxyl groups excluding tert-OH is 1. The van der Waals surface area contributed by atoms with Gasteiger partial charge >= 0.3 is 0 Å². The summed E-state index contributed by atoms with van der Waals surface area (Å²) in [5.41, 5.74) is 1.50. The highest BCUT2D eigenvalue weighted by Crippen LogP contribution is 2.25. The summed E-state index contributed by atoms with van der Waals surface area (Å²) in [6.45, 7) is 5.18. The molecule has 2 atom stereocenters. The Labute approximate surface area is 147 Å². The summed E-state index contributed by atoms with van der Waals surface area (Å²) < 4.78 is 7.12. The fourth-order valence-electron chi connectivity index (χ4n) is 2.72. The highest BCUT2D eigenvalue weighted by Gasteiger charge is 2.21. The Balaban J connectivity index is 2.36. The molecule has 1 aromatic carbocycles. The molecular formula is C18H25ClN2O3. The molecule has 2 unspecified atom stereocenters. The number of carbonyl (C=O) groups excluding carboxylic acids is 1. The van der Waals surface area contributed by atoms with Gasteiger partial charge in [0.1, 0.15) is 0 Å². The van der Waals surface area contributed by atoms with E-state index in [4.69, 9.17) is 16.3 Å². The monoisotopic (exact) mass is 352 g/mol. The first-order valence-electron chi connectivity index (χ1n) is 8.20. The number of fused-ring (bicyclic) bond motifs is 1. The number of hydrogen-bond acceptors (Lipinski definition) is 3. The Hall–Kier alpha value is -1.56. The summed E-state index contributed by atoms with van der Waals surface area (Å²) in [4.78, 5) is 12.7. The van der Waals surface area contributed by atoms with Crippen molar-refractivity contribution < 1.29 is 14.6 Å². The number of nitrogens with one attached hydrogen (secondary N) is 1. The zero-order valence-electron chi connectivity index (χ0n) is 14.4. The SMILES string of the molecule is CCC(C)C(CO)NC(=O)c1cn(CCOC)c2ccc(Cl)cc12. The number of halogens is 1. The molecule has 24 heavy (non-hydrogen) atoms. The van der Waals surface area contributed by atoms with Gasteiger partial charge < -0.3 is 19.7 Å². The largest absolute Gasteiger partial charge is 0.394 e. The first kappa shape index (κ1) is 18.8. The summed E-state index contributed by atoms with van der Waals surface area (Å²) in [6, 6.07) is 5.25. The smallest absolute Gasteiger partial charge is 0.253 e. The van der Waals surface area contributed by atoms with Crippen molar-refractivity contribution in [3.05, 3.63) is 35.0 Å². The van der Waals surface area contributed by atoms with E-state index in [1.165, 1.54) is 0 Å². The molecule has 1 heterocycles. The molecule has 2 aromatic rings. The maximum absolute atomic E-state index is 12.7. The first-order valence-corrected chi connectivity index (χ1v) is 8.58. The van der Waals surface area contributed by atoms with Crippen molar-refractivity contribution in [3.63, 3.8) is 0 Å². The molecule has 0 fully saturated rings. The van der Waals surface area contributed by atoms with Gasteiger partial charge in [0.25, 0.3) is 5.91 Å². The van der Waals surface area contributed by atoms with E-state index >= 15 is 0 Å². The van der Waals surface area contributed by atoms with Crippen LogP contribution in [-0.4, -0.2) is 41.9 Å². The van der Waals surface area contributed by atoms with Crippen LogP contribution in [0.25, 0.3) is 10.9 Å². The predicted octanol–water partition coefficient (Wildman–Crippen LogP) is 3.08. The van der Waals surface area contributed by atoms with Crippen LogP contribution in [0.5, 0.6) is 0 Å². The predicted molar refractivity (Wildman–Crippen MR) is 96.6 cm³/mol. The van der Waals surface area contributed by atoms with E-state index < -0.39 is 0 Å². The van der Waals surface area contributed by atoms with Crippen molar-refractivity contribution in [2.75, 3.05) is 20.3 Å². The molecule has 0 saturated carbocycles. The fourth-order valence-corrected chi connectivity index (χ4v) is 2.90. The van der Waals surface area contributed by atoms with Crippen LogP contribution in [0, 0.1) is 5.92 Å². The van der Waals surface area contributed by atoms with Gasteiger partial charge in [0.2, 0.25) is 0 Å². The molecule has 2 rings (SSSR count). The van der Waals surface area contributed by atoms with E-state index in [0.29, 0.717) is 23.7 Å². The minimum Gasteiger partial charge on any atom is -0.394 e. The number of rotatable bonds is 8. The third-order valence-electron chi connectivity index (χ3n) is 4.47. The molecule has 0 aliphatic carbocycles. The molecule has 1 aromatic heterocycles. The molecule has 0 aliphatic heterocycles. The second kappa shape index (κ2) is 8.51. The van der Waals surface area contributed by atoms with Crippen LogP contribution in [0.1, 0.15) is 30.6 Å². The Morgan fingerprint density at radius 3 is 2.83 bits per heavy atom. The lowest BCUT2D eigenvalue weighted by atomic mass is 9.99. The summed E-state index contributed by atoms with van der Waals surface area (Å²) >= 11 is 6.11. The number of ether oxygens (including phenoxy) is 1. The molecule has 5 nitrogen and oxygen atoms in total. The van der Waals surface area contributed by atoms with E-state index in [1.54, 1.807) is 13.2 Å². The van der Waals surface area contributed by atoms with Gasteiger partial charge in [-0.15, -0.1) is 0 Å². The first-order chi connectivity index (χ1) is 11.5. The van der Waals surface area contributed by atoms with Crippen LogP contribution in [-0.2, 0) is 11.3 Å². The van der Waals surface area contributed by atoms with E-state index in [9.17, 15) is 9.90 Å². The molecule has 6 heteroatoms. The van der Waals surface area contributed by atoms with Gasteiger partial charge in [0.15, 0.2) is 0 Å². The molecule has 0 spiro atoms. The molecule has 0 bridgehead atoms. The number of aliphatic hydroxyl groups is 1. The minimum absolute atomic E-state index is 0.0795. The zero-order valence-corrected chi connectivity index (χ0v) is 15.1. The van der Waals surface area contributed by atoms with Crippen molar-refractivity contribution in [2.45, 2.75) is 32.9 Å². The van der Waals surface area contributed by atoms with E-state index in [0.717, 1.165) is 17.3 Å². The van der Waals surface area contributed by atoms with Gasteiger partial charge in [0.05, 0.1) is 24.8 Å². The molecule has 2 N–H and O–H groups in total. The Kier molecular flexibility index (Phi) is 6.66. The standard InChI is InChI=1S/C18H25ClN2O3/c1-4-12(2)16(11-22)20-18(23)15-10-21(7-8-24-3)17-6-5-13(19)9-14(15)17/h5-6,9-10,12,16,22H,4,7-8,11H2,1-3H3,(H,20,23). The third-order valence-corrected chi connectivity index (χ3v) is 4.70. The van der Waals surface area contributed by atoms with Crippen LogP contribution < -0.4 is 5.32 Å². The molecule has 1 amide bonds. The van der Waals surface area contributed by atoms with Gasteiger partial charge in [-0.1, -0.05) is 31.9 Å². The Morgan fingerprint density at radius 1 is 1.46 bits per heavy atom. The summed E-state index contributed by atoms with van der Waals surface area (Å²) in [5.74, 6) is 0.00200. The number of amides is 1. The normalized spacial score (nSPS) is 13.9. The van der Waals surface area contributed by atoms with Crippen LogP contribution >= 0.6 is 11.6 Å². The van der Waals surface area contributed by atoms with Gasteiger partial charge in [-0.05, 0) is 24.1 Å². The maximum atomic E-state index is 12.7. The summed E-state index contributed by atoms with van der Waals surface area (Å²) in [6.07, 6.45) is 2.70. The zero-order chi connectivity index (χ0) is 17.7. The summed E-state index contributed by atoms with van der Waals surface area (Å²) in [7, 11) is 1.65. The van der Waals surface area contributed by atoms with Crippen LogP contribution in [0.2, 0.25) is 5.02 Å². The average Bonchev–Trinajstić information content (AvgIpc) is 2.94. The second-order valence-electron chi connectivity index (χ2n) is 6.04. The number of nitrogens with zero attached hydrogens (tertiary/aromatic N) is 1. The molecule has 0 saturated heterocycles. The van der Waals surface area contributed by atoms with Crippen molar-refractivity contribution in [1.29, 1.82) is 0 Å². The van der Waals surface area contributed by atoms with Crippen LogP contribution in [0.3, 0.4) is 0 Å². The molecule has 0 radical (unpaired) electrons. The lowest BCUT2D eigenvalue weighted by molar-refractivity contribution is 0.0892. The highest BCUT2D eigenvalue weighted by atomic mass is 35.5. The van der Waals surface area contributed by atoms with E-state index in [2.05, 4.69) is 5.32 Å². The number of carbonyl (C=O) groups is 1. The fraction of sp³-hybridized carbons (Fsp3) is 0.500. The maximum Gasteiger partial charge on any atom is 0.253 e. The number of hydrogen-bond donors (Lipinski definition) is 2. The second-order valence-corrected chi connectivity index (χ2v) is 6.47. The summed E-state index contributed by atoms with van der Waals surface area (Å²) in [5, 5.41) is 13.9. The van der Waals surface area contributed by atoms with E-state index in [-0.39, 0.29) is 24.5 Å². The van der Waals surface area contributed by atoms with Gasteiger partial charge in [-0.25, -0.2) is 0 Å². The minimum atomic E-state index is -0.265. The average molecular weight is 353 g/mol. The lowest BCUT2D eigenvalue weighted by Crippen LogP contribution is -2.41. The van der Waals surface area contributed by atoms with Crippen LogP contribution in [0.4, 0.5) is 0 Å². The van der Waals surface area contributed by atoms with Crippen molar-refractivity contribution >= 4 is 28.4 Å². The number of benzene rings is 1. The third kappa shape index (κ3) is 4.09. The van der Waals surface area contributed by atoms with Crippen LogP contribution in [0.15, 0.2) is 24.4 Å².